The Bertz CT molecular complexity index is 894. The van der Waals surface area contributed by atoms with Crippen LogP contribution in [-0.4, -0.2) is 0 Å². The van der Waals surface area contributed by atoms with E-state index in [2.05, 4.69) is 84.9 Å². The van der Waals surface area contributed by atoms with Crippen LogP contribution in [0.2, 0.25) is 0 Å². The van der Waals surface area contributed by atoms with Crippen molar-refractivity contribution in [1.82, 2.24) is 0 Å². The third kappa shape index (κ3) is 1.58. The van der Waals surface area contributed by atoms with Gasteiger partial charge in [-0.05, 0) is 62.7 Å². The normalized spacial score (nSPS) is 14.0. The van der Waals surface area contributed by atoms with E-state index in [1.54, 1.807) is 0 Å². The van der Waals surface area contributed by atoms with E-state index in [0.29, 0.717) is 0 Å². The van der Waals surface area contributed by atoms with Gasteiger partial charge < -0.3 is 0 Å². The number of hydrogen-bond donors (Lipinski definition) is 0. The molecule has 0 heteroatoms. The Morgan fingerprint density at radius 3 is 1.45 bits per heavy atom. The molecule has 3 aromatic carbocycles. The maximum atomic E-state index is 2.31. The molecule has 0 atom stereocenters. The average Bonchev–Trinajstić information content (AvgIpc) is 2.50. The van der Waals surface area contributed by atoms with E-state index in [9.17, 15) is 0 Å². The van der Waals surface area contributed by atoms with Crippen LogP contribution in [0.1, 0.15) is 33.4 Å². The van der Waals surface area contributed by atoms with E-state index in [-0.39, 0.29) is 0 Å². The number of benzene rings is 3. The first-order chi connectivity index (χ1) is 10.9. The van der Waals surface area contributed by atoms with Gasteiger partial charge in [0.2, 0.25) is 0 Å². The summed E-state index contributed by atoms with van der Waals surface area (Å²) in [5, 5.41) is 0. The molecule has 0 N–H and O–H groups in total. The number of rotatable bonds is 2. The largest absolute Gasteiger partial charge is 0.0616 e. The quantitative estimate of drug-likeness (QED) is 0.400. The third-order valence-corrected chi connectivity index (χ3v) is 4.59. The summed E-state index contributed by atoms with van der Waals surface area (Å²) in [4.78, 5) is 0. The van der Waals surface area contributed by atoms with Gasteiger partial charge in [0.25, 0.3) is 0 Å². The Labute approximate surface area is 130 Å². The topological polar surface area (TPSA) is 0 Å². The summed E-state index contributed by atoms with van der Waals surface area (Å²) in [5.74, 6) is 0. The van der Waals surface area contributed by atoms with Crippen molar-refractivity contribution in [3.8, 4) is 0 Å². The molecule has 0 nitrogen and oxygen atoms in total. The highest BCUT2D eigenvalue weighted by molar-refractivity contribution is 6.05. The maximum Gasteiger partial charge on any atom is -0.00990 e. The first-order valence-corrected chi connectivity index (χ1v) is 7.63. The van der Waals surface area contributed by atoms with Crippen LogP contribution in [0.5, 0.6) is 0 Å². The monoisotopic (exact) mass is 278 g/mol. The van der Waals surface area contributed by atoms with E-state index in [1.165, 1.54) is 44.5 Å². The van der Waals surface area contributed by atoms with Crippen molar-refractivity contribution in [1.29, 1.82) is 0 Å². The summed E-state index contributed by atoms with van der Waals surface area (Å²) in [7, 11) is 0. The van der Waals surface area contributed by atoms with Gasteiger partial charge in [0, 0.05) is 0 Å². The van der Waals surface area contributed by atoms with Gasteiger partial charge in [-0.3, -0.25) is 0 Å². The van der Waals surface area contributed by atoms with Gasteiger partial charge in [0.05, 0.1) is 0 Å². The van der Waals surface area contributed by atoms with Gasteiger partial charge in [-0.1, -0.05) is 66.7 Å². The lowest BCUT2D eigenvalue weighted by atomic mass is 9.81. The third-order valence-electron chi connectivity index (χ3n) is 4.59. The van der Waals surface area contributed by atoms with Crippen molar-refractivity contribution < 1.29 is 0 Å². The highest BCUT2D eigenvalue weighted by Gasteiger charge is 2.20. The van der Waals surface area contributed by atoms with Crippen LogP contribution >= 0.6 is 0 Å². The minimum absolute atomic E-state index is 1.31. The second-order valence-electron chi connectivity index (χ2n) is 5.87. The lowest BCUT2D eigenvalue weighted by Crippen LogP contribution is -2.02. The fourth-order valence-electron chi connectivity index (χ4n) is 3.38. The summed E-state index contributed by atoms with van der Waals surface area (Å²) in [6.45, 7) is 0. The molecule has 5 rings (SSSR count). The molecule has 0 spiro atoms. The molecule has 22 heavy (non-hydrogen) atoms. The summed E-state index contributed by atoms with van der Waals surface area (Å²) in [6, 6.07) is 26.0. The van der Waals surface area contributed by atoms with Crippen LogP contribution < -0.4 is 0 Å². The highest BCUT2D eigenvalue weighted by atomic mass is 14.2. The van der Waals surface area contributed by atoms with Crippen LogP contribution in [0.4, 0.5) is 0 Å². The van der Waals surface area contributed by atoms with Crippen LogP contribution in [0.25, 0.3) is 23.3 Å². The van der Waals surface area contributed by atoms with Gasteiger partial charge in [-0.25, -0.2) is 0 Å². The second-order valence-corrected chi connectivity index (χ2v) is 5.87. The number of fused-ring (bicyclic) bond motifs is 2. The van der Waals surface area contributed by atoms with E-state index in [4.69, 9.17) is 0 Å². The summed E-state index contributed by atoms with van der Waals surface area (Å²) >= 11 is 0. The fraction of sp³-hybridized carbons (Fsp3) is 0. The van der Waals surface area contributed by atoms with Gasteiger partial charge in [-0.2, -0.15) is 0 Å². The SMILES string of the molecule is C1=C(c2cccc(C3=Cc4ccccc43)c2)c2ccccc21. The average molecular weight is 278 g/mol. The molecular weight excluding hydrogens is 264 g/mol. The van der Waals surface area contributed by atoms with Crippen LogP contribution in [0.15, 0.2) is 72.8 Å². The van der Waals surface area contributed by atoms with Gasteiger partial charge in [0.15, 0.2) is 0 Å². The molecule has 0 amide bonds. The summed E-state index contributed by atoms with van der Waals surface area (Å²) < 4.78 is 0. The summed E-state index contributed by atoms with van der Waals surface area (Å²) in [5.41, 5.74) is 10.7. The Kier molecular flexibility index (Phi) is 2.31. The molecule has 3 aromatic rings. The van der Waals surface area contributed by atoms with Crippen molar-refractivity contribution in [2.45, 2.75) is 0 Å². The van der Waals surface area contributed by atoms with Crippen LogP contribution in [0.3, 0.4) is 0 Å². The molecule has 102 valence electrons. The van der Waals surface area contributed by atoms with E-state index in [1.807, 2.05) is 0 Å². The van der Waals surface area contributed by atoms with E-state index < -0.39 is 0 Å². The molecule has 0 aliphatic heterocycles. The molecule has 0 radical (unpaired) electrons. The molecule has 0 aromatic heterocycles. The molecule has 0 heterocycles. The zero-order valence-corrected chi connectivity index (χ0v) is 12.1. The van der Waals surface area contributed by atoms with E-state index >= 15 is 0 Å². The van der Waals surface area contributed by atoms with E-state index in [0.717, 1.165) is 0 Å². The van der Waals surface area contributed by atoms with Crippen LogP contribution in [0, 0.1) is 0 Å². The van der Waals surface area contributed by atoms with Crippen molar-refractivity contribution in [2.24, 2.45) is 0 Å². The minimum Gasteiger partial charge on any atom is -0.0616 e. The Morgan fingerprint density at radius 1 is 0.455 bits per heavy atom. The molecule has 0 unspecified atom stereocenters. The first kappa shape index (κ1) is 11.8. The first-order valence-electron chi connectivity index (χ1n) is 7.63. The molecule has 2 aliphatic rings. The molecule has 0 saturated carbocycles. The fourth-order valence-corrected chi connectivity index (χ4v) is 3.38. The van der Waals surface area contributed by atoms with Crippen molar-refractivity contribution >= 4 is 23.3 Å². The zero-order chi connectivity index (χ0) is 14.5. The van der Waals surface area contributed by atoms with Crippen LogP contribution in [-0.2, 0) is 0 Å². The lowest BCUT2D eigenvalue weighted by molar-refractivity contribution is 1.45. The standard InChI is InChI=1S/C22H14/c1-3-10-19-17(6-1)13-21(19)15-8-5-9-16(12-15)22-14-18-7-2-4-11-20(18)22/h1-14H. The smallest absolute Gasteiger partial charge is 0.00990 e. The molecule has 0 bridgehead atoms. The predicted molar refractivity (Wildman–Crippen MR) is 93.3 cm³/mol. The van der Waals surface area contributed by atoms with Gasteiger partial charge >= 0.3 is 0 Å². The van der Waals surface area contributed by atoms with Crippen molar-refractivity contribution in [3.63, 3.8) is 0 Å². The maximum absolute atomic E-state index is 2.31. The molecule has 0 fully saturated rings. The van der Waals surface area contributed by atoms with Gasteiger partial charge in [-0.15, -0.1) is 0 Å². The molecule has 0 saturated heterocycles. The Balaban J connectivity index is 1.54. The highest BCUT2D eigenvalue weighted by Crippen LogP contribution is 2.41. The predicted octanol–water partition coefficient (Wildman–Crippen LogP) is 5.49. The Morgan fingerprint density at radius 2 is 0.955 bits per heavy atom. The lowest BCUT2D eigenvalue weighted by Gasteiger charge is -2.23. The molecular formula is C22H14. The van der Waals surface area contributed by atoms with Crippen molar-refractivity contribution in [3.05, 3.63) is 106 Å². The van der Waals surface area contributed by atoms with Gasteiger partial charge in [0.1, 0.15) is 0 Å². The Hall–Kier alpha value is -2.86. The number of hydrogen-bond acceptors (Lipinski definition) is 0. The minimum atomic E-state index is 1.31. The summed E-state index contributed by atoms with van der Waals surface area (Å²) in [6.07, 6.45) is 4.55. The van der Waals surface area contributed by atoms with Crippen molar-refractivity contribution in [2.75, 3.05) is 0 Å². The zero-order valence-electron chi connectivity index (χ0n) is 12.1. The molecule has 2 aliphatic carbocycles. The second kappa shape index (κ2) is 4.32.